The highest BCUT2D eigenvalue weighted by Gasteiger charge is 2.65. The van der Waals surface area contributed by atoms with Gasteiger partial charge in [0.1, 0.15) is 36.2 Å². The first-order valence-electron chi connectivity index (χ1n) is 20.8. The molecule has 1 saturated carbocycles. The van der Waals surface area contributed by atoms with Gasteiger partial charge < -0.3 is 38.9 Å². The lowest BCUT2D eigenvalue weighted by Crippen LogP contribution is -2.69. The summed E-state index contributed by atoms with van der Waals surface area (Å²) in [7, 11) is 1.65. The highest BCUT2D eigenvalue weighted by Crippen LogP contribution is 2.62. The first kappa shape index (κ1) is 44.7. The van der Waals surface area contributed by atoms with Crippen LogP contribution in [-0.2, 0) is 20.9 Å². The number of allylic oxidation sites excluding steroid dienone is 1. The summed E-state index contributed by atoms with van der Waals surface area (Å²) in [5, 5.41) is 35.8. The van der Waals surface area contributed by atoms with Gasteiger partial charge in [-0.2, -0.15) is 0 Å². The lowest BCUT2D eigenvalue weighted by atomic mass is 9.55. The van der Waals surface area contributed by atoms with E-state index in [2.05, 4.69) is 19.2 Å². The van der Waals surface area contributed by atoms with Gasteiger partial charge in [0.25, 0.3) is 5.69 Å². The van der Waals surface area contributed by atoms with E-state index in [0.717, 1.165) is 43.1 Å². The number of hydrogen-bond donors (Lipinski definition) is 2. The van der Waals surface area contributed by atoms with Gasteiger partial charge in [0.15, 0.2) is 0 Å². The zero-order valence-electron chi connectivity index (χ0n) is 34.6. The fraction of sp³-hybridized carbons (Fsp3) is 0.426. The van der Waals surface area contributed by atoms with Crippen molar-refractivity contribution in [3.05, 3.63) is 130 Å². The van der Waals surface area contributed by atoms with Gasteiger partial charge >= 0.3 is 6.09 Å². The molecule has 2 N–H and O–H groups in total. The van der Waals surface area contributed by atoms with Crippen LogP contribution < -0.4 is 9.47 Å². The number of rotatable bonds is 22. The van der Waals surface area contributed by atoms with Crippen molar-refractivity contribution in [1.82, 2.24) is 4.90 Å². The van der Waals surface area contributed by atoms with Crippen molar-refractivity contribution in [2.24, 2.45) is 22.9 Å². The lowest BCUT2D eigenvalue weighted by Gasteiger charge is -2.59. The zero-order valence-corrected chi connectivity index (χ0v) is 34.6. The normalized spacial score (nSPS) is 23.0. The minimum absolute atomic E-state index is 0.00332. The molecule has 14 nitrogen and oxygen atoms in total. The van der Waals surface area contributed by atoms with Crippen molar-refractivity contribution in [1.29, 1.82) is 0 Å². The molecule has 14 heteroatoms. The second-order valence-electron chi connectivity index (χ2n) is 15.6. The van der Waals surface area contributed by atoms with Gasteiger partial charge in [-0.1, -0.05) is 48.4 Å². The van der Waals surface area contributed by atoms with Crippen LogP contribution in [0, 0.1) is 27.9 Å². The van der Waals surface area contributed by atoms with Crippen LogP contribution in [0.3, 0.4) is 0 Å². The fourth-order valence-electron chi connectivity index (χ4n) is 8.94. The number of amides is 1. The molecule has 3 aliphatic rings. The minimum atomic E-state index is -1.48. The summed E-state index contributed by atoms with van der Waals surface area (Å²) >= 11 is 0. The number of aliphatic hydroxyl groups is 2. The number of aliphatic hydroxyl groups excluding tert-OH is 2. The van der Waals surface area contributed by atoms with E-state index in [-0.39, 0.29) is 62.9 Å². The zero-order chi connectivity index (χ0) is 43.4. The third-order valence-corrected chi connectivity index (χ3v) is 11.7. The maximum atomic E-state index is 13.9. The molecule has 6 unspecified atom stereocenters. The number of unbranched alkanes of at least 4 members (excludes halogenated alkanes) is 2. The van der Waals surface area contributed by atoms with E-state index in [1.807, 2.05) is 12.1 Å². The maximum Gasteiger partial charge on any atom is 0.409 e. The third kappa shape index (κ3) is 10.2. The summed E-state index contributed by atoms with van der Waals surface area (Å²) in [6.45, 7) is 8.06. The number of fused-ring (bicyclic) bond motifs is 2. The number of non-ortho nitro benzene ring substituents is 1. The maximum absolute atomic E-state index is 13.9. The first-order valence-corrected chi connectivity index (χ1v) is 20.8. The molecule has 3 aromatic carbocycles. The van der Waals surface area contributed by atoms with E-state index in [4.69, 9.17) is 28.9 Å². The third-order valence-electron chi connectivity index (χ3n) is 11.7. The number of nitrogens with zero attached hydrogens (tertiary/aromatic N) is 3. The number of benzene rings is 3. The molecule has 0 saturated heterocycles. The SMILES string of the molecule is C=CCCOC(=O)N(C)C1CC(=NOCc2ccc([N+](=O)[O-])cc2)C2=CC(CCCCO)C(CCCCO)C3c4cc(Oc5cccc(C=O)c5)ccc4OC1(OCC=C)C23. The molecular weight excluding hydrogens is 783 g/mol. The Morgan fingerprint density at radius 2 is 1.77 bits per heavy atom. The minimum Gasteiger partial charge on any atom is -0.459 e. The molecule has 1 aliphatic heterocycles. The number of oxime groups is 1. The molecule has 0 spiro atoms. The molecular formula is C47H55N3O11. The fourth-order valence-corrected chi connectivity index (χ4v) is 8.94. The van der Waals surface area contributed by atoms with Crippen molar-refractivity contribution >= 4 is 23.8 Å². The van der Waals surface area contributed by atoms with Crippen molar-refractivity contribution in [2.45, 2.75) is 75.7 Å². The Bertz CT molecular complexity index is 2090. The number of ether oxygens (including phenoxy) is 4. The monoisotopic (exact) mass is 837 g/mol. The molecule has 1 heterocycles. The van der Waals surface area contributed by atoms with Gasteiger partial charge in [-0.25, -0.2) is 4.79 Å². The predicted molar refractivity (Wildman–Crippen MR) is 229 cm³/mol. The number of carbonyl (C=O) groups is 2. The summed E-state index contributed by atoms with van der Waals surface area (Å²) < 4.78 is 26.2. The van der Waals surface area contributed by atoms with Gasteiger partial charge in [0, 0.05) is 55.9 Å². The summed E-state index contributed by atoms with van der Waals surface area (Å²) in [5.41, 5.74) is 3.40. The number of likely N-dealkylation sites (N-methyl/N-ethyl adjacent to an activating group) is 1. The van der Waals surface area contributed by atoms with E-state index < -0.39 is 28.8 Å². The van der Waals surface area contributed by atoms with Crippen molar-refractivity contribution < 1.29 is 48.5 Å². The first-order chi connectivity index (χ1) is 29.7. The molecule has 6 atom stereocenters. The van der Waals surface area contributed by atoms with Gasteiger partial charge in [-0.3, -0.25) is 14.9 Å². The number of nitro groups is 1. The summed E-state index contributed by atoms with van der Waals surface area (Å²) in [6.07, 6.45) is 10.6. The molecule has 1 fully saturated rings. The van der Waals surface area contributed by atoms with Crippen molar-refractivity contribution in [3.63, 3.8) is 0 Å². The average molecular weight is 838 g/mol. The highest BCUT2D eigenvalue weighted by atomic mass is 16.7. The second-order valence-corrected chi connectivity index (χ2v) is 15.6. The van der Waals surface area contributed by atoms with E-state index in [1.165, 1.54) is 17.0 Å². The largest absolute Gasteiger partial charge is 0.459 e. The van der Waals surface area contributed by atoms with Crippen LogP contribution in [0.5, 0.6) is 17.2 Å². The molecule has 3 aromatic rings. The Kier molecular flexibility index (Phi) is 15.5. The number of aldehydes is 1. The van der Waals surface area contributed by atoms with Crippen LogP contribution in [0.2, 0.25) is 0 Å². The molecule has 0 radical (unpaired) electrons. The van der Waals surface area contributed by atoms with Crippen LogP contribution in [0.1, 0.15) is 78.8 Å². The Labute approximate surface area is 356 Å². The smallest absolute Gasteiger partial charge is 0.409 e. The van der Waals surface area contributed by atoms with Gasteiger partial charge in [-0.15, -0.1) is 13.2 Å². The summed E-state index contributed by atoms with van der Waals surface area (Å²) in [5.74, 6) is -0.797. The molecule has 0 bridgehead atoms. The predicted octanol–water partition coefficient (Wildman–Crippen LogP) is 8.68. The average Bonchev–Trinajstić information content (AvgIpc) is 3.27. The Morgan fingerprint density at radius 3 is 2.48 bits per heavy atom. The number of hydrogen-bond acceptors (Lipinski definition) is 12. The molecule has 1 amide bonds. The summed E-state index contributed by atoms with van der Waals surface area (Å²) in [4.78, 5) is 43.9. The molecule has 324 valence electrons. The second kappa shape index (κ2) is 21.1. The summed E-state index contributed by atoms with van der Waals surface area (Å²) in [6, 6.07) is 17.8. The lowest BCUT2D eigenvalue weighted by molar-refractivity contribution is -0.384. The molecule has 0 aromatic heterocycles. The van der Waals surface area contributed by atoms with E-state index in [9.17, 15) is 29.9 Å². The standard InChI is InChI=1S/C47H55N3O11/c1-4-6-25-57-46(54)49(3)43-29-41(48-59-31-32-16-18-35(19-17-32)50(55)56)39-27-34(13-7-9-22-51)38(15-8-10-23-52)44-40-28-37(60-36-14-11-12-33(26-36)30-53)20-21-42(40)61-47(43,45(39)44)58-24-5-2/h4-5,11-12,14,16-21,26-28,30,34,38,43-45,51-52H,1-2,6-10,13,15,22-25,29,31H2,3H3. The van der Waals surface area contributed by atoms with Gasteiger partial charge in [0.2, 0.25) is 5.79 Å². The van der Waals surface area contributed by atoms with Crippen molar-refractivity contribution in [2.75, 3.05) is 33.5 Å². The Morgan fingerprint density at radius 1 is 1.02 bits per heavy atom. The van der Waals surface area contributed by atoms with E-state index in [1.54, 1.807) is 61.7 Å². The van der Waals surface area contributed by atoms with Crippen LogP contribution in [0.25, 0.3) is 0 Å². The number of carbonyl (C=O) groups excluding carboxylic acids is 2. The highest BCUT2D eigenvalue weighted by molar-refractivity contribution is 6.03. The van der Waals surface area contributed by atoms with Gasteiger partial charge in [0.05, 0.1) is 29.8 Å². The van der Waals surface area contributed by atoms with Gasteiger partial charge in [-0.05, 0) is 97.5 Å². The van der Waals surface area contributed by atoms with E-state index in [0.29, 0.717) is 53.3 Å². The number of nitro benzene ring substituents is 1. The molecule has 6 rings (SSSR count). The molecule has 61 heavy (non-hydrogen) atoms. The van der Waals surface area contributed by atoms with Crippen LogP contribution >= 0.6 is 0 Å². The van der Waals surface area contributed by atoms with Crippen LogP contribution in [-0.4, -0.2) is 83.4 Å². The Balaban J connectivity index is 1.53. The Hall–Kier alpha value is -5.83. The van der Waals surface area contributed by atoms with Crippen molar-refractivity contribution in [3.8, 4) is 17.2 Å². The van der Waals surface area contributed by atoms with Crippen LogP contribution in [0.4, 0.5) is 10.5 Å². The topological polar surface area (TPSA) is 179 Å². The quantitative estimate of drug-likeness (QED) is 0.0325. The molecule has 2 aliphatic carbocycles. The van der Waals surface area contributed by atoms with E-state index >= 15 is 0 Å². The van der Waals surface area contributed by atoms with Crippen LogP contribution in [0.15, 0.2) is 109 Å².